The molecule has 30 heavy (non-hydrogen) atoms. The van der Waals surface area contributed by atoms with Crippen LogP contribution in [0.5, 0.6) is 5.75 Å². The van der Waals surface area contributed by atoms with Crippen molar-refractivity contribution in [2.75, 3.05) is 6.61 Å². The van der Waals surface area contributed by atoms with E-state index in [1.807, 2.05) is 6.92 Å². The Morgan fingerprint density at radius 1 is 1.13 bits per heavy atom. The molecule has 0 spiro atoms. The van der Waals surface area contributed by atoms with E-state index in [-0.39, 0.29) is 12.2 Å². The third kappa shape index (κ3) is 6.31. The number of nitrogens with one attached hydrogen (secondary N) is 1. The highest BCUT2D eigenvalue weighted by Crippen LogP contribution is 2.29. The molecule has 0 aliphatic heterocycles. The summed E-state index contributed by atoms with van der Waals surface area (Å²) in [6.45, 7) is -0.403. The second-order valence-corrected chi connectivity index (χ2v) is 8.00. The van der Waals surface area contributed by atoms with Crippen molar-refractivity contribution in [3.63, 3.8) is 0 Å². The van der Waals surface area contributed by atoms with Gasteiger partial charge in [0.15, 0.2) is 5.60 Å². The molecule has 2 aromatic rings. The molecule has 5 heteroatoms. The normalized spacial score (nSPS) is 19.5. The van der Waals surface area contributed by atoms with E-state index in [2.05, 4.69) is 5.32 Å². The first-order chi connectivity index (χ1) is 16.5. The van der Waals surface area contributed by atoms with Crippen LogP contribution in [0.4, 0.5) is 0 Å². The monoisotopic (exact) mass is 419 g/mol. The molecule has 0 unspecified atom stereocenters. The van der Waals surface area contributed by atoms with E-state index in [4.69, 9.17) is 13.0 Å². The van der Waals surface area contributed by atoms with Crippen LogP contribution >= 0.6 is 0 Å². The maximum atomic E-state index is 13.2. The Labute approximate surface area is 188 Å². The third-order valence-electron chi connectivity index (χ3n) is 4.80. The van der Waals surface area contributed by atoms with Gasteiger partial charge in [-0.15, -0.1) is 0 Å². The van der Waals surface area contributed by atoms with Gasteiger partial charge in [-0.25, -0.2) is 0 Å². The van der Waals surface area contributed by atoms with Crippen molar-refractivity contribution in [3.8, 4) is 5.75 Å². The summed E-state index contributed by atoms with van der Waals surface area (Å²) in [6, 6.07) is 12.6. The van der Waals surface area contributed by atoms with E-state index >= 15 is 0 Å². The average molecular weight is 420 g/mol. The Morgan fingerprint density at radius 3 is 2.33 bits per heavy atom. The Morgan fingerprint density at radius 2 is 1.80 bits per heavy atom. The number of amides is 1. The van der Waals surface area contributed by atoms with Crippen molar-refractivity contribution < 1.29 is 28.0 Å². The second-order valence-electron chi connectivity index (χ2n) is 8.00. The van der Waals surface area contributed by atoms with E-state index in [1.165, 1.54) is 38.1 Å². The summed E-state index contributed by atoms with van der Waals surface area (Å²) >= 11 is 0. The van der Waals surface area contributed by atoms with Gasteiger partial charge in [0.2, 0.25) is 0 Å². The third-order valence-corrected chi connectivity index (χ3v) is 4.80. The quantitative estimate of drug-likeness (QED) is 0.535. The molecule has 0 aliphatic carbocycles. The van der Waals surface area contributed by atoms with Gasteiger partial charge < -0.3 is 20.3 Å². The summed E-state index contributed by atoms with van der Waals surface area (Å²) in [7, 11) is 0. The van der Waals surface area contributed by atoms with Crippen LogP contribution in [0, 0.1) is 5.92 Å². The highest BCUT2D eigenvalue weighted by molar-refractivity contribution is 5.86. The van der Waals surface area contributed by atoms with Gasteiger partial charge in [0.25, 0.3) is 5.91 Å². The summed E-state index contributed by atoms with van der Waals surface area (Å²) in [6.07, 6.45) is 1.21. The van der Waals surface area contributed by atoms with E-state index in [0.29, 0.717) is 24.2 Å². The Bertz CT molecular complexity index is 987. The Kier molecular flexibility index (Phi) is 5.50. The van der Waals surface area contributed by atoms with Crippen molar-refractivity contribution >= 4 is 5.91 Å². The number of rotatable bonds is 10. The van der Waals surface area contributed by atoms with Crippen molar-refractivity contribution in [1.82, 2.24) is 5.32 Å². The average Bonchev–Trinajstić information content (AvgIpc) is 2.78. The Hall–Kier alpha value is -2.37. The van der Waals surface area contributed by atoms with Gasteiger partial charge in [-0.2, -0.15) is 0 Å². The fraction of sp³-hybridized carbons (Fsp3) is 0.480. The molecule has 3 atom stereocenters. The van der Waals surface area contributed by atoms with Gasteiger partial charge in [-0.1, -0.05) is 62.7 Å². The van der Waals surface area contributed by atoms with Gasteiger partial charge in [0.05, 0.1) is 18.2 Å². The lowest BCUT2D eigenvalue weighted by Gasteiger charge is -2.33. The van der Waals surface area contributed by atoms with Crippen molar-refractivity contribution in [2.45, 2.75) is 64.6 Å². The topological polar surface area (TPSA) is 78.8 Å². The smallest absolute Gasteiger partial charge is 0.256 e. The zero-order chi connectivity index (χ0) is 27.4. The molecule has 2 rings (SSSR count). The largest absolute Gasteiger partial charge is 0.493 e. The maximum Gasteiger partial charge on any atom is 0.256 e. The van der Waals surface area contributed by atoms with Crippen LogP contribution in [0.15, 0.2) is 54.6 Å². The molecule has 0 radical (unpaired) electrons. The second kappa shape index (κ2) is 10.1. The lowest BCUT2D eigenvalue weighted by molar-refractivity contribution is -0.141. The minimum absolute atomic E-state index is 0.0119. The van der Waals surface area contributed by atoms with Gasteiger partial charge in [0.1, 0.15) is 5.75 Å². The molecule has 0 saturated heterocycles. The highest BCUT2D eigenvalue weighted by Gasteiger charge is 2.37. The van der Waals surface area contributed by atoms with Gasteiger partial charge in [-0.3, -0.25) is 4.79 Å². The van der Waals surface area contributed by atoms with E-state index in [1.54, 1.807) is 30.3 Å². The number of benzene rings is 2. The molecular weight excluding hydrogens is 378 g/mol. The van der Waals surface area contributed by atoms with Crippen LogP contribution < -0.4 is 10.1 Å². The molecule has 5 nitrogen and oxygen atoms in total. The van der Waals surface area contributed by atoms with Crippen LogP contribution in [-0.2, 0) is 10.4 Å². The standard InChI is InChI=1S/C25H35NO4/c1-6-10-18(2)17-30-21-15-13-19(14-16-21)22(24(3,4)28)26-23(27)25(5,29)20-11-8-7-9-12-20/h7-9,11-16,18,22,28-29H,6,10,17H2,1-5H3,(H,26,27)/t18-,22-,25-/m1/s1/i2D3,5D3. The molecule has 0 saturated carbocycles. The first-order valence-corrected chi connectivity index (χ1v) is 10.1. The fourth-order valence-electron chi connectivity index (χ4n) is 3.10. The zero-order valence-electron chi connectivity index (χ0n) is 23.7. The van der Waals surface area contributed by atoms with E-state index in [0.717, 1.165) is 0 Å². The molecule has 0 bridgehead atoms. The summed E-state index contributed by atoms with van der Waals surface area (Å²) in [5, 5.41) is 24.4. The molecule has 0 heterocycles. The molecule has 3 N–H and O–H groups in total. The van der Waals surface area contributed by atoms with Gasteiger partial charge in [0, 0.05) is 8.22 Å². The highest BCUT2D eigenvalue weighted by atomic mass is 16.5. The summed E-state index contributed by atoms with van der Waals surface area (Å²) in [4.78, 5) is 13.2. The van der Waals surface area contributed by atoms with Crippen LogP contribution in [0.25, 0.3) is 0 Å². The first-order valence-electron chi connectivity index (χ1n) is 13.1. The Balaban J connectivity index is 2.29. The fourth-order valence-corrected chi connectivity index (χ4v) is 3.10. The minimum atomic E-state index is -3.09. The lowest BCUT2D eigenvalue weighted by Crippen LogP contribution is -2.49. The van der Waals surface area contributed by atoms with Crippen LogP contribution in [0.3, 0.4) is 0 Å². The molecule has 2 aromatic carbocycles. The van der Waals surface area contributed by atoms with Crippen molar-refractivity contribution in [1.29, 1.82) is 0 Å². The molecule has 0 fully saturated rings. The van der Waals surface area contributed by atoms with Crippen molar-refractivity contribution in [2.24, 2.45) is 5.92 Å². The maximum absolute atomic E-state index is 13.2. The number of hydrogen-bond acceptors (Lipinski definition) is 4. The number of ether oxygens (including phenoxy) is 1. The van der Waals surface area contributed by atoms with E-state index in [9.17, 15) is 15.0 Å². The summed E-state index contributed by atoms with van der Waals surface area (Å²) < 4.78 is 52.2. The number of hydrogen-bond donors (Lipinski definition) is 3. The number of carbonyl (C=O) groups is 1. The summed E-state index contributed by atoms with van der Waals surface area (Å²) in [5.74, 6) is -1.38. The number of carbonyl (C=O) groups excluding carboxylic acids is 1. The SMILES string of the molecule is [2H]C([2H])([2H])[C@H](CCC)COc1ccc([C@@H](NC(=O)[C@](O)(c2ccccc2)C([2H])([2H])[2H])C(C)(C)O)cc1. The molecule has 164 valence electrons. The molecular formula is C25H35NO4. The number of aliphatic hydroxyl groups is 2. The molecule has 0 aromatic heterocycles. The van der Waals surface area contributed by atoms with Gasteiger partial charge in [-0.05, 0) is 56.3 Å². The predicted octanol–water partition coefficient (Wildman–Crippen LogP) is 4.34. The summed E-state index contributed by atoms with van der Waals surface area (Å²) in [5.41, 5.74) is -4.04. The van der Waals surface area contributed by atoms with Crippen molar-refractivity contribution in [3.05, 3.63) is 65.7 Å². The van der Waals surface area contributed by atoms with E-state index < -0.39 is 42.8 Å². The van der Waals surface area contributed by atoms with Crippen LogP contribution in [0.1, 0.15) is 72.7 Å². The molecule has 0 aliphatic rings. The zero-order valence-corrected chi connectivity index (χ0v) is 17.7. The lowest BCUT2D eigenvalue weighted by atomic mass is 9.89. The van der Waals surface area contributed by atoms with Gasteiger partial charge >= 0.3 is 0 Å². The first kappa shape index (κ1) is 16.3. The van der Waals surface area contributed by atoms with Crippen LogP contribution in [0.2, 0.25) is 0 Å². The van der Waals surface area contributed by atoms with Crippen LogP contribution in [-0.4, -0.2) is 28.3 Å². The molecule has 1 amide bonds. The minimum Gasteiger partial charge on any atom is -0.493 e. The predicted molar refractivity (Wildman–Crippen MR) is 119 cm³/mol.